The van der Waals surface area contributed by atoms with E-state index in [0.29, 0.717) is 25.5 Å². The van der Waals surface area contributed by atoms with E-state index in [4.69, 9.17) is 4.74 Å². The number of hydrogen-bond acceptors (Lipinski definition) is 4. The predicted octanol–water partition coefficient (Wildman–Crippen LogP) is 1.29. The van der Waals surface area contributed by atoms with Crippen LogP contribution >= 0.6 is 0 Å². The van der Waals surface area contributed by atoms with E-state index in [0.717, 1.165) is 35.7 Å². The minimum absolute atomic E-state index is 0.0761. The fourth-order valence-corrected chi connectivity index (χ4v) is 3.66. The second kappa shape index (κ2) is 9.01. The van der Waals surface area contributed by atoms with Crippen molar-refractivity contribution in [3.05, 3.63) is 41.6 Å². The molecule has 0 saturated carbocycles. The quantitative estimate of drug-likeness (QED) is 0.735. The molecule has 0 spiro atoms. The summed E-state index contributed by atoms with van der Waals surface area (Å²) in [5, 5.41) is 7.49. The Hall–Kier alpha value is -2.67. The van der Waals surface area contributed by atoms with E-state index in [1.54, 1.807) is 4.68 Å². The number of rotatable bonds is 6. The van der Waals surface area contributed by atoms with E-state index in [9.17, 15) is 9.59 Å². The number of nitrogens with zero attached hydrogens (tertiary/aromatic N) is 2. The number of nitrogens with one attached hydrogen (secondary N) is 2. The molecule has 2 N–H and O–H groups in total. The molecule has 150 valence electrons. The largest absolute Gasteiger partial charge is 0.466 e. The lowest BCUT2D eigenvalue weighted by molar-refractivity contribution is -0.899. The average molecular weight is 385 g/mol. The Kier molecular flexibility index (Phi) is 6.46. The van der Waals surface area contributed by atoms with Crippen LogP contribution in [0.5, 0.6) is 0 Å². The molecular formula is C21H29N4O3+. The van der Waals surface area contributed by atoms with Gasteiger partial charge in [-0.15, -0.1) is 0 Å². The molecule has 1 saturated heterocycles. The Morgan fingerprint density at radius 2 is 2.04 bits per heavy atom. The van der Waals surface area contributed by atoms with Crippen molar-refractivity contribution in [1.29, 1.82) is 0 Å². The first-order valence-electron chi connectivity index (χ1n) is 9.90. The molecule has 0 aliphatic carbocycles. The summed E-state index contributed by atoms with van der Waals surface area (Å²) in [5.74, 6) is 0.322. The Bertz CT molecular complexity index is 829. The Labute approximate surface area is 165 Å². The highest BCUT2D eigenvalue weighted by Crippen LogP contribution is 2.17. The molecule has 2 atom stereocenters. The number of piperidine rings is 1. The molecular weight excluding hydrogens is 356 g/mol. The van der Waals surface area contributed by atoms with E-state index >= 15 is 0 Å². The van der Waals surface area contributed by atoms with E-state index in [2.05, 4.69) is 10.4 Å². The number of carbonyl (C=O) groups is 2. The second-order valence-corrected chi connectivity index (χ2v) is 7.44. The highest BCUT2D eigenvalue weighted by Gasteiger charge is 2.30. The van der Waals surface area contributed by atoms with Crippen LogP contribution in [-0.4, -0.2) is 47.9 Å². The summed E-state index contributed by atoms with van der Waals surface area (Å²) in [4.78, 5) is 25.8. The van der Waals surface area contributed by atoms with Crippen LogP contribution in [0.1, 0.15) is 31.0 Å². The lowest BCUT2D eigenvalue weighted by Gasteiger charge is -2.28. The molecule has 1 unspecified atom stereocenters. The highest BCUT2D eigenvalue weighted by molar-refractivity contribution is 5.91. The number of carbonyl (C=O) groups excluding carboxylic acids is 2. The van der Waals surface area contributed by atoms with Gasteiger partial charge in [0.25, 0.3) is 5.91 Å². The maximum absolute atomic E-state index is 12.6. The van der Waals surface area contributed by atoms with Gasteiger partial charge in [-0.05, 0) is 45.7 Å². The third-order valence-electron chi connectivity index (χ3n) is 5.03. The molecule has 0 bridgehead atoms. The van der Waals surface area contributed by atoms with Gasteiger partial charge in [0.15, 0.2) is 6.54 Å². The van der Waals surface area contributed by atoms with E-state index < -0.39 is 0 Å². The van der Waals surface area contributed by atoms with Crippen molar-refractivity contribution >= 4 is 17.7 Å². The third kappa shape index (κ3) is 4.98. The number of quaternary nitrogens is 1. The molecule has 2 heterocycles. The van der Waals surface area contributed by atoms with Gasteiger partial charge in [0.2, 0.25) is 0 Å². The second-order valence-electron chi connectivity index (χ2n) is 7.44. The SMILES string of the molecule is CCOC(=O)[C@H]1CCC[NH+](CC(=O)Nc2cc(C)nn2-c2ccc(C)cc2)C1. The Balaban J connectivity index is 1.64. The summed E-state index contributed by atoms with van der Waals surface area (Å²) >= 11 is 0. The first kappa shape index (κ1) is 20.1. The number of ether oxygens (including phenoxy) is 1. The van der Waals surface area contributed by atoms with Crippen LogP contribution in [0, 0.1) is 19.8 Å². The summed E-state index contributed by atoms with van der Waals surface area (Å²) in [6, 6.07) is 9.87. The van der Waals surface area contributed by atoms with Gasteiger partial charge in [0, 0.05) is 6.07 Å². The molecule has 1 amide bonds. The van der Waals surface area contributed by atoms with Crippen molar-refractivity contribution in [2.75, 3.05) is 31.6 Å². The van der Waals surface area contributed by atoms with Crippen LogP contribution in [0.4, 0.5) is 5.82 Å². The molecule has 28 heavy (non-hydrogen) atoms. The zero-order chi connectivity index (χ0) is 20.1. The van der Waals surface area contributed by atoms with Crippen LogP contribution in [0.15, 0.2) is 30.3 Å². The van der Waals surface area contributed by atoms with Gasteiger partial charge in [0.05, 0.1) is 31.1 Å². The van der Waals surface area contributed by atoms with E-state index in [1.807, 2.05) is 51.1 Å². The van der Waals surface area contributed by atoms with E-state index in [-0.39, 0.29) is 17.8 Å². The number of aromatic nitrogens is 2. The van der Waals surface area contributed by atoms with Gasteiger partial charge >= 0.3 is 5.97 Å². The fraction of sp³-hybridized carbons (Fsp3) is 0.476. The van der Waals surface area contributed by atoms with Gasteiger partial charge < -0.3 is 15.0 Å². The minimum atomic E-state index is -0.145. The maximum atomic E-state index is 12.6. The number of aryl methyl sites for hydroxylation is 2. The van der Waals surface area contributed by atoms with Crippen molar-refractivity contribution in [3.8, 4) is 5.69 Å². The number of likely N-dealkylation sites (tertiary alicyclic amines) is 1. The van der Waals surface area contributed by atoms with Crippen molar-refractivity contribution in [2.24, 2.45) is 5.92 Å². The zero-order valence-electron chi connectivity index (χ0n) is 16.8. The number of hydrogen-bond donors (Lipinski definition) is 2. The van der Waals surface area contributed by atoms with Gasteiger partial charge in [-0.1, -0.05) is 17.7 Å². The molecule has 2 aromatic rings. The predicted molar refractivity (Wildman–Crippen MR) is 107 cm³/mol. The van der Waals surface area contributed by atoms with Crippen molar-refractivity contribution < 1.29 is 19.2 Å². The van der Waals surface area contributed by atoms with Crippen molar-refractivity contribution in [2.45, 2.75) is 33.6 Å². The van der Waals surface area contributed by atoms with E-state index in [1.165, 1.54) is 5.56 Å². The lowest BCUT2D eigenvalue weighted by Crippen LogP contribution is -3.14. The molecule has 1 aliphatic heterocycles. The van der Waals surface area contributed by atoms with Crippen LogP contribution in [-0.2, 0) is 14.3 Å². The minimum Gasteiger partial charge on any atom is -0.466 e. The van der Waals surface area contributed by atoms with Crippen molar-refractivity contribution in [3.63, 3.8) is 0 Å². The number of anilines is 1. The molecule has 1 fully saturated rings. The Morgan fingerprint density at radius 1 is 1.29 bits per heavy atom. The smallest absolute Gasteiger partial charge is 0.314 e. The molecule has 1 aromatic heterocycles. The van der Waals surface area contributed by atoms with Gasteiger partial charge in [-0.3, -0.25) is 9.59 Å². The van der Waals surface area contributed by atoms with Gasteiger partial charge in [-0.25, -0.2) is 4.68 Å². The number of esters is 1. The summed E-state index contributed by atoms with van der Waals surface area (Å²) in [7, 11) is 0. The Morgan fingerprint density at radius 3 is 2.75 bits per heavy atom. The first-order valence-corrected chi connectivity index (χ1v) is 9.90. The molecule has 1 aromatic carbocycles. The normalized spacial score (nSPS) is 19.2. The molecule has 7 heteroatoms. The van der Waals surface area contributed by atoms with Gasteiger partial charge in [-0.2, -0.15) is 5.10 Å². The zero-order valence-corrected chi connectivity index (χ0v) is 16.8. The average Bonchev–Trinajstić information content (AvgIpc) is 3.02. The summed E-state index contributed by atoms with van der Waals surface area (Å²) in [5.41, 5.74) is 2.91. The van der Waals surface area contributed by atoms with Crippen LogP contribution < -0.4 is 10.2 Å². The maximum Gasteiger partial charge on any atom is 0.314 e. The van der Waals surface area contributed by atoms with Gasteiger partial charge in [0.1, 0.15) is 11.7 Å². The van der Waals surface area contributed by atoms with Crippen LogP contribution in [0.2, 0.25) is 0 Å². The number of benzene rings is 1. The summed E-state index contributed by atoms with van der Waals surface area (Å²) in [6.45, 7) is 8.01. The molecule has 3 rings (SSSR count). The van der Waals surface area contributed by atoms with Crippen LogP contribution in [0.3, 0.4) is 0 Å². The molecule has 7 nitrogen and oxygen atoms in total. The highest BCUT2D eigenvalue weighted by atomic mass is 16.5. The molecule has 0 radical (unpaired) electrons. The monoisotopic (exact) mass is 385 g/mol. The number of amides is 1. The third-order valence-corrected chi connectivity index (χ3v) is 5.03. The fourth-order valence-electron chi connectivity index (χ4n) is 3.66. The first-order chi connectivity index (χ1) is 13.5. The van der Waals surface area contributed by atoms with Crippen molar-refractivity contribution in [1.82, 2.24) is 9.78 Å². The summed E-state index contributed by atoms with van der Waals surface area (Å²) < 4.78 is 6.89. The lowest BCUT2D eigenvalue weighted by atomic mass is 9.98. The van der Waals surface area contributed by atoms with Crippen LogP contribution in [0.25, 0.3) is 5.69 Å². The topological polar surface area (TPSA) is 77.7 Å². The standard InChI is InChI=1S/C21H28N4O3/c1-4-28-21(27)17-6-5-11-24(13-17)14-20(26)22-19-12-16(3)23-25(19)18-9-7-15(2)8-10-18/h7-10,12,17H,4-6,11,13-14H2,1-3H3,(H,22,26)/p+1/t17-/m0/s1. The summed E-state index contributed by atoms with van der Waals surface area (Å²) in [6.07, 6.45) is 1.76. The molecule has 1 aliphatic rings.